The molecule has 102 valence electrons. The molecular formula is C13H12ClN5O. The number of aryl methyl sites for hydroxylation is 1. The van der Waals surface area contributed by atoms with Gasteiger partial charge in [0.1, 0.15) is 11.3 Å². The van der Waals surface area contributed by atoms with Gasteiger partial charge in [-0.15, -0.1) is 0 Å². The van der Waals surface area contributed by atoms with E-state index in [4.69, 9.17) is 17.3 Å². The predicted octanol–water partition coefficient (Wildman–Crippen LogP) is 1.71. The van der Waals surface area contributed by atoms with Gasteiger partial charge in [-0.1, -0.05) is 23.7 Å². The van der Waals surface area contributed by atoms with Crippen LogP contribution in [0.3, 0.4) is 0 Å². The number of H-pyrrole nitrogens is 1. The fraction of sp³-hybridized carbons (Fsp3) is 0.154. The van der Waals surface area contributed by atoms with E-state index in [9.17, 15) is 4.79 Å². The van der Waals surface area contributed by atoms with E-state index < -0.39 is 0 Å². The van der Waals surface area contributed by atoms with Crippen LogP contribution in [-0.4, -0.2) is 19.5 Å². The molecule has 0 amide bonds. The summed E-state index contributed by atoms with van der Waals surface area (Å²) in [7, 11) is 0. The highest BCUT2D eigenvalue weighted by molar-refractivity contribution is 6.30. The van der Waals surface area contributed by atoms with Gasteiger partial charge in [-0.3, -0.25) is 4.57 Å². The Morgan fingerprint density at radius 1 is 1.30 bits per heavy atom. The molecule has 1 aromatic carbocycles. The molecule has 3 rings (SSSR count). The number of halogens is 1. The number of rotatable bonds is 2. The average Bonchev–Trinajstić information content (AvgIpc) is 2.70. The number of fused-ring (bicyclic) bond motifs is 1. The lowest BCUT2D eigenvalue weighted by molar-refractivity contribution is 0.775. The van der Waals surface area contributed by atoms with E-state index in [1.54, 1.807) is 19.1 Å². The summed E-state index contributed by atoms with van der Waals surface area (Å²) in [5, 5.41) is 0.655. The van der Waals surface area contributed by atoms with Crippen molar-refractivity contribution in [3.8, 4) is 0 Å². The van der Waals surface area contributed by atoms with E-state index in [0.717, 1.165) is 5.56 Å². The number of hydrogen-bond donors (Lipinski definition) is 2. The van der Waals surface area contributed by atoms with Crippen LogP contribution in [0.15, 0.2) is 29.1 Å². The Morgan fingerprint density at radius 3 is 2.70 bits per heavy atom. The van der Waals surface area contributed by atoms with Crippen molar-refractivity contribution < 1.29 is 0 Å². The van der Waals surface area contributed by atoms with E-state index in [2.05, 4.69) is 15.0 Å². The van der Waals surface area contributed by atoms with Crippen LogP contribution in [-0.2, 0) is 6.54 Å². The molecule has 0 bridgehead atoms. The Labute approximate surface area is 119 Å². The third-order valence-corrected chi connectivity index (χ3v) is 3.27. The van der Waals surface area contributed by atoms with Crippen LogP contribution < -0.4 is 11.4 Å². The van der Waals surface area contributed by atoms with Gasteiger partial charge in [0.15, 0.2) is 11.5 Å². The fourth-order valence-electron chi connectivity index (χ4n) is 2.08. The van der Waals surface area contributed by atoms with Crippen LogP contribution in [0.25, 0.3) is 11.2 Å². The number of hydrogen-bond acceptors (Lipinski definition) is 4. The van der Waals surface area contributed by atoms with Crippen molar-refractivity contribution in [3.05, 3.63) is 51.2 Å². The van der Waals surface area contributed by atoms with Gasteiger partial charge in [-0.05, 0) is 24.6 Å². The van der Waals surface area contributed by atoms with Crippen molar-refractivity contribution >= 4 is 28.6 Å². The van der Waals surface area contributed by atoms with Crippen LogP contribution in [0.5, 0.6) is 0 Å². The van der Waals surface area contributed by atoms with Gasteiger partial charge in [0.25, 0.3) is 0 Å². The number of benzene rings is 1. The van der Waals surface area contributed by atoms with E-state index in [-0.39, 0.29) is 11.5 Å². The maximum Gasteiger partial charge on any atom is 0.328 e. The van der Waals surface area contributed by atoms with Crippen molar-refractivity contribution in [2.45, 2.75) is 13.5 Å². The number of nitrogen functional groups attached to an aromatic ring is 1. The molecule has 6 nitrogen and oxygen atoms in total. The molecule has 0 saturated heterocycles. The van der Waals surface area contributed by atoms with Crippen LogP contribution in [0, 0.1) is 6.92 Å². The van der Waals surface area contributed by atoms with Gasteiger partial charge in [-0.2, -0.15) is 0 Å². The topological polar surface area (TPSA) is 89.6 Å². The standard InChI is InChI=1S/C13H12ClN5O/c1-7-16-11(15)10-12(17-7)19(13(20)18-10)6-8-2-4-9(14)5-3-8/h2-5H,6H2,1H3,(H,18,20)(H2,15,16,17). The third-order valence-electron chi connectivity index (χ3n) is 3.02. The van der Waals surface area contributed by atoms with Crippen molar-refractivity contribution in [2.75, 3.05) is 5.73 Å². The molecule has 0 radical (unpaired) electrons. The van der Waals surface area contributed by atoms with Crippen LogP contribution in [0.4, 0.5) is 5.82 Å². The summed E-state index contributed by atoms with van der Waals surface area (Å²) < 4.78 is 1.53. The second-order valence-electron chi connectivity index (χ2n) is 4.50. The Hall–Kier alpha value is -2.34. The number of anilines is 1. The van der Waals surface area contributed by atoms with Crippen molar-refractivity contribution in [2.24, 2.45) is 0 Å². The summed E-state index contributed by atoms with van der Waals surface area (Å²) in [6.07, 6.45) is 0. The molecule has 0 aliphatic rings. The Kier molecular flexibility index (Phi) is 2.94. The quantitative estimate of drug-likeness (QED) is 0.751. The average molecular weight is 290 g/mol. The molecule has 3 N–H and O–H groups in total. The fourth-order valence-corrected chi connectivity index (χ4v) is 2.21. The minimum absolute atomic E-state index is 0.262. The maximum absolute atomic E-state index is 12.0. The van der Waals surface area contributed by atoms with Gasteiger partial charge < -0.3 is 10.7 Å². The second kappa shape index (κ2) is 4.64. The molecule has 0 atom stereocenters. The smallest absolute Gasteiger partial charge is 0.328 e. The molecule has 0 saturated carbocycles. The molecule has 2 heterocycles. The summed E-state index contributed by atoms with van der Waals surface area (Å²) in [6, 6.07) is 7.30. The maximum atomic E-state index is 12.0. The minimum Gasteiger partial charge on any atom is -0.382 e. The number of imidazole rings is 1. The van der Waals surface area contributed by atoms with Gasteiger partial charge in [-0.25, -0.2) is 14.8 Å². The number of aromatic nitrogens is 4. The molecule has 0 fully saturated rings. The van der Waals surface area contributed by atoms with Gasteiger partial charge in [0.05, 0.1) is 6.54 Å². The highest BCUT2D eigenvalue weighted by Crippen LogP contribution is 2.16. The largest absolute Gasteiger partial charge is 0.382 e. The molecule has 3 aromatic rings. The molecule has 7 heteroatoms. The zero-order valence-electron chi connectivity index (χ0n) is 10.7. The first-order valence-electron chi connectivity index (χ1n) is 6.01. The summed E-state index contributed by atoms with van der Waals surface area (Å²) in [5.41, 5.74) is 7.47. The van der Waals surface area contributed by atoms with Crippen molar-refractivity contribution in [3.63, 3.8) is 0 Å². The zero-order chi connectivity index (χ0) is 14.3. The Balaban J connectivity index is 2.13. The van der Waals surface area contributed by atoms with Crippen molar-refractivity contribution in [1.29, 1.82) is 0 Å². The lowest BCUT2D eigenvalue weighted by atomic mass is 10.2. The van der Waals surface area contributed by atoms with E-state index >= 15 is 0 Å². The lowest BCUT2D eigenvalue weighted by Crippen LogP contribution is -2.17. The van der Waals surface area contributed by atoms with E-state index in [1.165, 1.54) is 4.57 Å². The number of nitrogens with one attached hydrogen (secondary N) is 1. The van der Waals surface area contributed by atoms with Gasteiger partial charge in [0, 0.05) is 5.02 Å². The highest BCUT2D eigenvalue weighted by Gasteiger charge is 2.12. The molecule has 0 aliphatic heterocycles. The van der Waals surface area contributed by atoms with Gasteiger partial charge >= 0.3 is 5.69 Å². The van der Waals surface area contributed by atoms with E-state index in [1.807, 2.05) is 12.1 Å². The summed E-state index contributed by atoms with van der Waals surface area (Å²) in [5.74, 6) is 0.804. The monoisotopic (exact) mass is 289 g/mol. The first-order chi connectivity index (χ1) is 9.54. The third kappa shape index (κ3) is 2.14. The highest BCUT2D eigenvalue weighted by atomic mass is 35.5. The van der Waals surface area contributed by atoms with Crippen LogP contribution in [0.1, 0.15) is 11.4 Å². The molecule has 0 spiro atoms. The van der Waals surface area contributed by atoms with Crippen LogP contribution >= 0.6 is 11.6 Å². The molecule has 2 aromatic heterocycles. The SMILES string of the molecule is Cc1nc(N)c2[nH]c(=O)n(Cc3ccc(Cl)cc3)c2n1. The van der Waals surface area contributed by atoms with E-state index in [0.29, 0.717) is 28.6 Å². The minimum atomic E-state index is -0.262. The first kappa shape index (κ1) is 12.7. The molecular weight excluding hydrogens is 278 g/mol. The Morgan fingerprint density at radius 2 is 2.00 bits per heavy atom. The predicted molar refractivity (Wildman–Crippen MR) is 77.9 cm³/mol. The second-order valence-corrected chi connectivity index (χ2v) is 4.93. The van der Waals surface area contributed by atoms with Crippen molar-refractivity contribution in [1.82, 2.24) is 19.5 Å². The zero-order valence-corrected chi connectivity index (χ0v) is 11.5. The Bertz CT molecular complexity index is 834. The summed E-state index contributed by atoms with van der Waals surface area (Å²) in [4.78, 5) is 23.0. The van der Waals surface area contributed by atoms with Gasteiger partial charge in [0.2, 0.25) is 0 Å². The normalized spacial score (nSPS) is 11.1. The molecule has 0 unspecified atom stereocenters. The summed E-state index contributed by atoms with van der Waals surface area (Å²) >= 11 is 5.85. The molecule has 20 heavy (non-hydrogen) atoms. The lowest BCUT2D eigenvalue weighted by Gasteiger charge is -2.04. The number of aromatic amines is 1. The first-order valence-corrected chi connectivity index (χ1v) is 6.39. The molecule has 0 aliphatic carbocycles. The van der Waals surface area contributed by atoms with Crippen LogP contribution in [0.2, 0.25) is 5.02 Å². The summed E-state index contributed by atoms with van der Waals surface area (Å²) in [6.45, 7) is 2.13. The number of nitrogens with zero attached hydrogens (tertiary/aromatic N) is 3. The number of nitrogens with two attached hydrogens (primary N) is 1.